The molecule has 0 aromatic heterocycles. The molecule has 0 saturated carbocycles. The van der Waals surface area contributed by atoms with Gasteiger partial charge < -0.3 is 4.74 Å². The van der Waals surface area contributed by atoms with Crippen LogP contribution in [0.1, 0.15) is 33.1 Å². The molecule has 3 heteroatoms. The number of carbonyl (C=O) groups excluding carboxylic acids is 1. The first-order valence-corrected chi connectivity index (χ1v) is 7.64. The fourth-order valence-electron chi connectivity index (χ4n) is 2.45. The fraction of sp³-hybridized carbons (Fsp3) is 0.389. The second-order valence-corrected chi connectivity index (χ2v) is 5.35. The van der Waals surface area contributed by atoms with E-state index in [0.29, 0.717) is 11.7 Å². The lowest BCUT2D eigenvalue weighted by Crippen LogP contribution is -2.26. The zero-order chi connectivity index (χ0) is 15.1. The summed E-state index contributed by atoms with van der Waals surface area (Å²) < 4.78 is 5.30. The Bertz CT molecular complexity index is 489. The van der Waals surface area contributed by atoms with Gasteiger partial charge in [-0.15, -0.1) is 0 Å². The average Bonchev–Trinajstić information content (AvgIpc) is 2.54. The molecule has 0 fully saturated rings. The summed E-state index contributed by atoms with van der Waals surface area (Å²) in [6.45, 7) is 4.46. The third-order valence-electron chi connectivity index (χ3n) is 3.91. The smallest absolute Gasteiger partial charge is 0.410 e. The highest BCUT2D eigenvalue weighted by atomic mass is 16.6. The molecule has 1 aromatic carbocycles. The fourth-order valence-corrected chi connectivity index (χ4v) is 2.45. The van der Waals surface area contributed by atoms with Gasteiger partial charge in [-0.1, -0.05) is 57.0 Å². The zero-order valence-electron chi connectivity index (χ0n) is 12.7. The molecular formula is C18H23NO2. The second kappa shape index (κ2) is 7.67. The largest absolute Gasteiger partial charge is 0.423 e. The Hall–Kier alpha value is -2.03. The summed E-state index contributed by atoms with van der Waals surface area (Å²) in [5.74, 6) is 1.71. The molecule has 1 aromatic rings. The van der Waals surface area contributed by atoms with Gasteiger partial charge >= 0.3 is 6.09 Å². The van der Waals surface area contributed by atoms with Crippen LogP contribution in [0.15, 0.2) is 54.9 Å². The molecule has 2 rings (SSSR count). The van der Waals surface area contributed by atoms with Crippen LogP contribution in [0.5, 0.6) is 5.75 Å². The minimum absolute atomic E-state index is 0.380. The highest BCUT2D eigenvalue weighted by molar-refractivity contribution is 5.73. The van der Waals surface area contributed by atoms with E-state index in [2.05, 4.69) is 26.0 Å². The van der Waals surface area contributed by atoms with Crippen molar-refractivity contribution < 1.29 is 9.53 Å². The highest BCUT2D eigenvalue weighted by Crippen LogP contribution is 2.23. The molecule has 0 spiro atoms. The van der Waals surface area contributed by atoms with Crippen LogP contribution in [0.2, 0.25) is 0 Å². The predicted octanol–water partition coefficient (Wildman–Crippen LogP) is 4.97. The SMILES string of the molecule is CCC(CC)CC1C=CN(C(=O)Oc2ccccc2)C=C1. The topological polar surface area (TPSA) is 29.5 Å². The Kier molecular flexibility index (Phi) is 5.61. The van der Waals surface area contributed by atoms with Gasteiger partial charge in [-0.05, 0) is 30.4 Å². The monoisotopic (exact) mass is 285 g/mol. The summed E-state index contributed by atoms with van der Waals surface area (Å²) in [4.78, 5) is 13.5. The normalized spacial score (nSPS) is 14.7. The second-order valence-electron chi connectivity index (χ2n) is 5.35. The number of amides is 1. The molecule has 0 unspecified atom stereocenters. The Morgan fingerprint density at radius 3 is 2.33 bits per heavy atom. The zero-order valence-corrected chi connectivity index (χ0v) is 12.7. The van der Waals surface area contributed by atoms with Gasteiger partial charge in [0.1, 0.15) is 5.75 Å². The highest BCUT2D eigenvalue weighted by Gasteiger charge is 2.17. The van der Waals surface area contributed by atoms with Gasteiger partial charge in [0.15, 0.2) is 0 Å². The first-order valence-electron chi connectivity index (χ1n) is 7.64. The van der Waals surface area contributed by atoms with Gasteiger partial charge in [-0.2, -0.15) is 0 Å². The third kappa shape index (κ3) is 4.48. The molecular weight excluding hydrogens is 262 g/mol. The summed E-state index contributed by atoms with van der Waals surface area (Å²) >= 11 is 0. The van der Waals surface area contributed by atoms with Crippen LogP contribution in [0.25, 0.3) is 0 Å². The van der Waals surface area contributed by atoms with E-state index >= 15 is 0 Å². The van der Waals surface area contributed by atoms with Crippen LogP contribution in [0.3, 0.4) is 0 Å². The molecule has 1 heterocycles. The van der Waals surface area contributed by atoms with E-state index in [1.165, 1.54) is 17.7 Å². The Labute approximate surface area is 126 Å². The molecule has 0 bridgehead atoms. The van der Waals surface area contributed by atoms with E-state index in [1.54, 1.807) is 24.5 Å². The Morgan fingerprint density at radius 2 is 1.76 bits per heavy atom. The molecule has 112 valence electrons. The Balaban J connectivity index is 1.87. The van der Waals surface area contributed by atoms with Crippen LogP contribution in [-0.4, -0.2) is 11.0 Å². The molecule has 0 radical (unpaired) electrons. The van der Waals surface area contributed by atoms with Crippen molar-refractivity contribution in [3.63, 3.8) is 0 Å². The van der Waals surface area contributed by atoms with Crippen molar-refractivity contribution in [1.29, 1.82) is 0 Å². The van der Waals surface area contributed by atoms with E-state index in [4.69, 9.17) is 4.74 Å². The molecule has 1 amide bonds. The molecule has 1 aliphatic heterocycles. The quantitative estimate of drug-likeness (QED) is 0.764. The van der Waals surface area contributed by atoms with Gasteiger partial charge in [0, 0.05) is 12.4 Å². The molecule has 3 nitrogen and oxygen atoms in total. The van der Waals surface area contributed by atoms with Gasteiger partial charge in [0.2, 0.25) is 0 Å². The van der Waals surface area contributed by atoms with Crippen LogP contribution in [0.4, 0.5) is 4.79 Å². The molecule has 0 aliphatic carbocycles. The van der Waals surface area contributed by atoms with Crippen molar-refractivity contribution >= 4 is 6.09 Å². The average molecular weight is 285 g/mol. The maximum absolute atomic E-state index is 12.0. The molecule has 0 N–H and O–H groups in total. The van der Waals surface area contributed by atoms with Crippen molar-refractivity contribution in [3.8, 4) is 5.75 Å². The van der Waals surface area contributed by atoms with Crippen molar-refractivity contribution in [2.75, 3.05) is 0 Å². The summed E-state index contributed by atoms with van der Waals surface area (Å²) in [6, 6.07) is 9.11. The molecule has 21 heavy (non-hydrogen) atoms. The van der Waals surface area contributed by atoms with Crippen LogP contribution in [-0.2, 0) is 0 Å². The number of rotatable bonds is 5. The Morgan fingerprint density at radius 1 is 1.14 bits per heavy atom. The van der Waals surface area contributed by atoms with Gasteiger partial charge in [-0.3, -0.25) is 4.90 Å². The first kappa shape index (κ1) is 15.4. The van der Waals surface area contributed by atoms with Crippen molar-refractivity contribution in [1.82, 2.24) is 4.90 Å². The molecule has 1 aliphatic rings. The van der Waals surface area contributed by atoms with Crippen LogP contribution < -0.4 is 4.74 Å². The minimum atomic E-state index is -0.380. The van der Waals surface area contributed by atoms with Crippen molar-refractivity contribution in [2.24, 2.45) is 11.8 Å². The van der Waals surface area contributed by atoms with Gasteiger partial charge in [-0.25, -0.2) is 4.79 Å². The number of nitrogens with zero attached hydrogens (tertiary/aromatic N) is 1. The number of hydrogen-bond donors (Lipinski definition) is 0. The summed E-state index contributed by atoms with van der Waals surface area (Å²) in [6.07, 6.45) is 10.9. The lowest BCUT2D eigenvalue weighted by atomic mass is 9.90. The van der Waals surface area contributed by atoms with Crippen molar-refractivity contribution in [2.45, 2.75) is 33.1 Å². The van der Waals surface area contributed by atoms with E-state index in [1.807, 2.05) is 18.2 Å². The van der Waals surface area contributed by atoms with Gasteiger partial charge in [0.05, 0.1) is 0 Å². The lowest BCUT2D eigenvalue weighted by Gasteiger charge is -2.22. The maximum atomic E-state index is 12.0. The number of para-hydroxylation sites is 1. The van der Waals surface area contributed by atoms with Crippen LogP contribution >= 0.6 is 0 Å². The van der Waals surface area contributed by atoms with E-state index in [0.717, 1.165) is 12.3 Å². The number of allylic oxidation sites excluding steroid dienone is 2. The van der Waals surface area contributed by atoms with E-state index < -0.39 is 0 Å². The van der Waals surface area contributed by atoms with E-state index in [-0.39, 0.29) is 6.09 Å². The number of ether oxygens (including phenoxy) is 1. The van der Waals surface area contributed by atoms with E-state index in [9.17, 15) is 4.79 Å². The first-order chi connectivity index (χ1) is 10.2. The van der Waals surface area contributed by atoms with Crippen molar-refractivity contribution in [3.05, 3.63) is 54.9 Å². The lowest BCUT2D eigenvalue weighted by molar-refractivity contribution is 0.181. The number of carbonyl (C=O) groups is 1. The minimum Gasteiger partial charge on any atom is -0.410 e. The van der Waals surface area contributed by atoms with Crippen LogP contribution in [0, 0.1) is 11.8 Å². The standard InChI is InChI=1S/C18H23NO2/c1-3-15(4-2)14-16-10-12-19(13-11-16)18(20)21-17-8-6-5-7-9-17/h5-13,15-16H,3-4,14H2,1-2H3. The summed E-state index contributed by atoms with van der Waals surface area (Å²) in [5.41, 5.74) is 0. The third-order valence-corrected chi connectivity index (χ3v) is 3.91. The number of benzene rings is 1. The number of hydrogen-bond acceptors (Lipinski definition) is 2. The summed E-state index contributed by atoms with van der Waals surface area (Å²) in [7, 11) is 0. The van der Waals surface area contributed by atoms with Gasteiger partial charge in [0.25, 0.3) is 0 Å². The summed E-state index contributed by atoms with van der Waals surface area (Å²) in [5, 5.41) is 0. The predicted molar refractivity (Wildman–Crippen MR) is 84.8 cm³/mol. The maximum Gasteiger partial charge on any atom is 0.423 e. The molecule has 0 atom stereocenters. The molecule has 0 saturated heterocycles.